The van der Waals surface area contributed by atoms with Crippen molar-refractivity contribution in [2.24, 2.45) is 14.1 Å². The van der Waals surface area contributed by atoms with E-state index in [-0.39, 0.29) is 11.2 Å². The minimum absolute atomic E-state index is 0.283. The SMILES string of the molecule is C/C=C/CN1CCn2c1nc1c2c(=O)n(C)c(=O)n1C. The highest BCUT2D eigenvalue weighted by atomic mass is 16.2. The molecule has 2 aromatic heterocycles. The van der Waals surface area contributed by atoms with E-state index in [9.17, 15) is 9.59 Å². The van der Waals surface area contributed by atoms with Gasteiger partial charge in [-0.25, -0.2) is 4.79 Å². The maximum atomic E-state index is 12.3. The average Bonchev–Trinajstić information content (AvgIpc) is 2.99. The molecule has 3 rings (SSSR count). The van der Waals surface area contributed by atoms with Gasteiger partial charge in [0.25, 0.3) is 5.56 Å². The Morgan fingerprint density at radius 3 is 2.65 bits per heavy atom. The lowest BCUT2D eigenvalue weighted by Gasteiger charge is -2.12. The minimum atomic E-state index is -0.348. The van der Waals surface area contributed by atoms with Crippen molar-refractivity contribution >= 4 is 17.1 Å². The Labute approximate surface area is 115 Å². The number of fused-ring (bicyclic) bond motifs is 3. The monoisotopic (exact) mass is 275 g/mol. The van der Waals surface area contributed by atoms with Crippen LogP contribution in [0.5, 0.6) is 0 Å². The number of aromatic nitrogens is 4. The van der Waals surface area contributed by atoms with Crippen molar-refractivity contribution in [1.29, 1.82) is 0 Å². The molecule has 0 amide bonds. The molecule has 106 valence electrons. The molecule has 0 radical (unpaired) electrons. The van der Waals surface area contributed by atoms with Crippen molar-refractivity contribution in [2.45, 2.75) is 13.5 Å². The van der Waals surface area contributed by atoms with Crippen LogP contribution < -0.4 is 16.1 Å². The fraction of sp³-hybridized carbons (Fsp3) is 0.462. The van der Waals surface area contributed by atoms with Crippen LogP contribution in [0.3, 0.4) is 0 Å². The Bertz CT molecular complexity index is 824. The second-order valence-corrected chi connectivity index (χ2v) is 4.96. The summed E-state index contributed by atoms with van der Waals surface area (Å²) in [7, 11) is 3.14. The van der Waals surface area contributed by atoms with Gasteiger partial charge in [-0.2, -0.15) is 4.98 Å². The molecule has 0 unspecified atom stereocenters. The molecule has 20 heavy (non-hydrogen) atoms. The van der Waals surface area contributed by atoms with E-state index in [0.29, 0.717) is 11.2 Å². The van der Waals surface area contributed by atoms with Crippen LogP contribution in [-0.4, -0.2) is 31.8 Å². The van der Waals surface area contributed by atoms with E-state index in [1.54, 1.807) is 7.05 Å². The van der Waals surface area contributed by atoms with Crippen LogP contribution in [0.1, 0.15) is 6.92 Å². The zero-order valence-electron chi connectivity index (χ0n) is 11.8. The van der Waals surface area contributed by atoms with Crippen molar-refractivity contribution in [1.82, 2.24) is 18.7 Å². The summed E-state index contributed by atoms with van der Waals surface area (Å²) in [6, 6.07) is 0. The van der Waals surface area contributed by atoms with Gasteiger partial charge in [0.15, 0.2) is 11.2 Å². The fourth-order valence-electron chi connectivity index (χ4n) is 2.61. The zero-order chi connectivity index (χ0) is 14.4. The molecule has 0 fully saturated rings. The van der Waals surface area contributed by atoms with Crippen LogP contribution in [0.4, 0.5) is 5.95 Å². The van der Waals surface area contributed by atoms with Gasteiger partial charge in [-0.05, 0) is 6.92 Å². The van der Waals surface area contributed by atoms with E-state index in [1.807, 2.05) is 23.6 Å². The number of imidazole rings is 1. The quantitative estimate of drug-likeness (QED) is 0.714. The Balaban J connectivity index is 2.29. The zero-order valence-corrected chi connectivity index (χ0v) is 11.8. The smallest absolute Gasteiger partial charge is 0.332 e. The van der Waals surface area contributed by atoms with E-state index in [4.69, 9.17) is 0 Å². The van der Waals surface area contributed by atoms with Gasteiger partial charge in [-0.15, -0.1) is 0 Å². The highest BCUT2D eigenvalue weighted by Crippen LogP contribution is 2.24. The van der Waals surface area contributed by atoms with Crippen molar-refractivity contribution in [3.8, 4) is 0 Å². The van der Waals surface area contributed by atoms with Crippen LogP contribution in [-0.2, 0) is 20.6 Å². The fourth-order valence-corrected chi connectivity index (χ4v) is 2.61. The molecule has 0 aliphatic carbocycles. The normalized spacial score (nSPS) is 14.7. The number of hydrogen-bond acceptors (Lipinski definition) is 4. The van der Waals surface area contributed by atoms with E-state index in [1.165, 1.54) is 11.6 Å². The van der Waals surface area contributed by atoms with Crippen molar-refractivity contribution in [2.75, 3.05) is 18.0 Å². The average molecular weight is 275 g/mol. The Kier molecular flexibility index (Phi) is 2.77. The maximum Gasteiger partial charge on any atom is 0.332 e. The summed E-state index contributed by atoms with van der Waals surface area (Å²) in [5.74, 6) is 0.761. The van der Waals surface area contributed by atoms with Gasteiger partial charge < -0.3 is 9.47 Å². The van der Waals surface area contributed by atoms with Crippen LogP contribution in [0.2, 0.25) is 0 Å². The van der Waals surface area contributed by atoms with Gasteiger partial charge in [0.1, 0.15) is 0 Å². The van der Waals surface area contributed by atoms with Gasteiger partial charge in [0.2, 0.25) is 5.95 Å². The first kappa shape index (κ1) is 12.7. The van der Waals surface area contributed by atoms with Crippen molar-refractivity contribution in [3.63, 3.8) is 0 Å². The predicted molar refractivity (Wildman–Crippen MR) is 77.2 cm³/mol. The molecule has 0 atom stereocenters. The van der Waals surface area contributed by atoms with E-state index >= 15 is 0 Å². The predicted octanol–water partition coefficient (Wildman–Crippen LogP) is -0.170. The Morgan fingerprint density at radius 1 is 1.20 bits per heavy atom. The topological polar surface area (TPSA) is 65.1 Å². The van der Waals surface area contributed by atoms with Crippen molar-refractivity contribution in [3.05, 3.63) is 33.0 Å². The lowest BCUT2D eigenvalue weighted by molar-refractivity contribution is 0.699. The van der Waals surface area contributed by atoms with Crippen LogP contribution >= 0.6 is 0 Å². The first-order chi connectivity index (χ1) is 9.56. The number of allylic oxidation sites excluding steroid dienone is 1. The molecule has 0 saturated carbocycles. The van der Waals surface area contributed by atoms with E-state index in [0.717, 1.165) is 30.1 Å². The van der Waals surface area contributed by atoms with E-state index < -0.39 is 0 Å². The summed E-state index contributed by atoms with van der Waals surface area (Å²) >= 11 is 0. The number of nitrogens with zero attached hydrogens (tertiary/aromatic N) is 5. The molecule has 0 saturated heterocycles. The molecule has 0 bridgehead atoms. The summed E-state index contributed by atoms with van der Waals surface area (Å²) < 4.78 is 4.46. The molecule has 0 N–H and O–H groups in total. The molecule has 7 heteroatoms. The summed E-state index contributed by atoms with van der Waals surface area (Å²) in [5.41, 5.74) is 0.333. The summed E-state index contributed by atoms with van der Waals surface area (Å²) in [4.78, 5) is 30.8. The van der Waals surface area contributed by atoms with Crippen LogP contribution in [0.25, 0.3) is 11.2 Å². The minimum Gasteiger partial charge on any atom is -0.337 e. The summed E-state index contributed by atoms with van der Waals surface area (Å²) in [5, 5.41) is 0. The number of hydrogen-bond donors (Lipinski definition) is 0. The third kappa shape index (κ3) is 1.55. The van der Waals surface area contributed by atoms with Crippen molar-refractivity contribution < 1.29 is 0 Å². The van der Waals surface area contributed by atoms with Crippen LogP contribution in [0.15, 0.2) is 21.7 Å². The third-order valence-corrected chi connectivity index (χ3v) is 3.77. The van der Waals surface area contributed by atoms with Gasteiger partial charge in [-0.3, -0.25) is 13.9 Å². The standard InChI is InChI=1S/C13H17N5O2/c1-4-5-6-17-7-8-18-9-10(14-12(17)18)15(2)13(20)16(3)11(9)19/h4-5H,6-8H2,1-3H3/b5-4+. The first-order valence-corrected chi connectivity index (χ1v) is 6.58. The number of anilines is 1. The molecule has 1 aliphatic heterocycles. The number of aryl methyl sites for hydroxylation is 1. The first-order valence-electron chi connectivity index (χ1n) is 6.58. The van der Waals surface area contributed by atoms with Gasteiger partial charge in [-0.1, -0.05) is 12.2 Å². The lowest BCUT2D eigenvalue weighted by atomic mass is 10.4. The molecule has 3 heterocycles. The summed E-state index contributed by atoms with van der Waals surface area (Å²) in [6.45, 7) is 4.28. The van der Waals surface area contributed by atoms with Gasteiger partial charge >= 0.3 is 5.69 Å². The highest BCUT2D eigenvalue weighted by Gasteiger charge is 2.26. The molecular formula is C13H17N5O2. The highest BCUT2D eigenvalue weighted by molar-refractivity contribution is 5.75. The van der Waals surface area contributed by atoms with Gasteiger partial charge in [0, 0.05) is 33.7 Å². The van der Waals surface area contributed by atoms with Crippen LogP contribution in [0, 0.1) is 0 Å². The number of rotatable bonds is 2. The molecule has 0 aromatic carbocycles. The second kappa shape index (κ2) is 4.36. The van der Waals surface area contributed by atoms with Gasteiger partial charge in [0.05, 0.1) is 0 Å². The Morgan fingerprint density at radius 2 is 1.95 bits per heavy atom. The molecule has 0 spiro atoms. The maximum absolute atomic E-state index is 12.3. The molecule has 1 aliphatic rings. The summed E-state index contributed by atoms with van der Waals surface area (Å²) in [6.07, 6.45) is 4.03. The molecular weight excluding hydrogens is 258 g/mol. The lowest BCUT2D eigenvalue weighted by Crippen LogP contribution is -2.37. The largest absolute Gasteiger partial charge is 0.337 e. The third-order valence-electron chi connectivity index (χ3n) is 3.77. The molecule has 7 nitrogen and oxygen atoms in total. The Hall–Kier alpha value is -2.31. The molecule has 2 aromatic rings. The van der Waals surface area contributed by atoms with E-state index in [2.05, 4.69) is 9.88 Å². The second-order valence-electron chi connectivity index (χ2n) is 4.96.